The van der Waals surface area contributed by atoms with E-state index in [0.29, 0.717) is 6.79 Å². The summed E-state index contributed by atoms with van der Waals surface area (Å²) in [5.74, 6) is 0. The maximum absolute atomic E-state index is 5.45. The molecule has 0 aromatic heterocycles. The number of rotatable bonds is 16. The lowest BCUT2D eigenvalue weighted by Gasteiger charge is -2.05. The van der Waals surface area contributed by atoms with Crippen molar-refractivity contribution in [3.05, 3.63) is 12.2 Å². The monoisotopic (exact) mass is 348 g/mol. The zero-order chi connectivity index (χ0) is 14.7. The van der Waals surface area contributed by atoms with Crippen LogP contribution in [0.5, 0.6) is 0 Å². The molecular weight excluding hydrogens is 316 g/mol. The van der Waals surface area contributed by atoms with Gasteiger partial charge in [0.25, 0.3) is 0 Å². The van der Waals surface area contributed by atoms with Crippen molar-refractivity contribution in [3.63, 3.8) is 0 Å². The molecule has 0 radical (unpaired) electrons. The Morgan fingerprint density at radius 2 is 1.35 bits per heavy atom. The van der Waals surface area contributed by atoms with Crippen LogP contribution in [0, 0.1) is 0 Å². The van der Waals surface area contributed by atoms with E-state index >= 15 is 0 Å². The van der Waals surface area contributed by atoms with Gasteiger partial charge in [0.2, 0.25) is 0 Å². The van der Waals surface area contributed by atoms with Crippen molar-refractivity contribution < 1.29 is 9.47 Å². The van der Waals surface area contributed by atoms with Crippen LogP contribution in [0.25, 0.3) is 0 Å². The summed E-state index contributed by atoms with van der Waals surface area (Å²) in [5.41, 5.74) is 0. The highest BCUT2D eigenvalue weighted by Gasteiger charge is 1.92. The minimum Gasteiger partial charge on any atom is -0.355 e. The molecule has 0 aromatic carbocycles. The number of alkyl halides is 1. The van der Waals surface area contributed by atoms with Gasteiger partial charge in [0.15, 0.2) is 0 Å². The van der Waals surface area contributed by atoms with E-state index in [9.17, 15) is 0 Å². The summed E-state index contributed by atoms with van der Waals surface area (Å²) in [6.45, 7) is 4.31. The molecule has 0 bridgehead atoms. The molecule has 0 amide bonds. The molecule has 0 heterocycles. The SMILES string of the molecule is CCCCCCCCCCOCOCC/C=C\CCBr. The summed E-state index contributed by atoms with van der Waals surface area (Å²) in [4.78, 5) is 0. The van der Waals surface area contributed by atoms with Gasteiger partial charge in [0.1, 0.15) is 6.79 Å². The molecule has 0 saturated carbocycles. The number of unbranched alkanes of at least 4 members (excludes halogenated alkanes) is 7. The van der Waals surface area contributed by atoms with Crippen LogP contribution >= 0.6 is 15.9 Å². The van der Waals surface area contributed by atoms with Crippen molar-refractivity contribution in [2.75, 3.05) is 25.3 Å². The second-order valence-electron chi connectivity index (χ2n) is 5.15. The Morgan fingerprint density at radius 1 is 0.750 bits per heavy atom. The first kappa shape index (κ1) is 20.1. The Morgan fingerprint density at radius 3 is 2.05 bits per heavy atom. The molecule has 0 saturated heterocycles. The second kappa shape index (κ2) is 19.1. The van der Waals surface area contributed by atoms with Gasteiger partial charge in [0, 0.05) is 11.9 Å². The Hall–Kier alpha value is 0.140. The fraction of sp³-hybridized carbons (Fsp3) is 0.882. The van der Waals surface area contributed by atoms with E-state index in [1.54, 1.807) is 0 Å². The van der Waals surface area contributed by atoms with Gasteiger partial charge in [-0.1, -0.05) is 80.0 Å². The topological polar surface area (TPSA) is 18.5 Å². The average Bonchev–Trinajstić information content (AvgIpc) is 2.47. The molecule has 0 fully saturated rings. The third-order valence-electron chi connectivity index (χ3n) is 3.18. The van der Waals surface area contributed by atoms with Gasteiger partial charge in [-0.3, -0.25) is 0 Å². The van der Waals surface area contributed by atoms with Gasteiger partial charge in [-0.2, -0.15) is 0 Å². The molecule has 120 valence electrons. The van der Waals surface area contributed by atoms with Gasteiger partial charge in [0.05, 0.1) is 6.61 Å². The Bertz CT molecular complexity index is 195. The molecule has 0 aromatic rings. The molecule has 0 N–H and O–H groups in total. The minimum absolute atomic E-state index is 0.447. The number of allylic oxidation sites excluding steroid dienone is 1. The Kier molecular flexibility index (Phi) is 19.3. The molecule has 0 unspecified atom stereocenters. The molecule has 2 nitrogen and oxygen atoms in total. The Balaban J connectivity index is 2.96. The largest absolute Gasteiger partial charge is 0.355 e. The highest BCUT2D eigenvalue weighted by Crippen LogP contribution is 2.08. The summed E-state index contributed by atoms with van der Waals surface area (Å²) in [6, 6.07) is 0. The number of ether oxygens (including phenoxy) is 2. The van der Waals surface area contributed by atoms with Gasteiger partial charge in [-0.05, 0) is 19.3 Å². The first-order valence-corrected chi connectivity index (χ1v) is 9.40. The van der Waals surface area contributed by atoms with Gasteiger partial charge < -0.3 is 9.47 Å². The van der Waals surface area contributed by atoms with Crippen LogP contribution in [0.3, 0.4) is 0 Å². The van der Waals surface area contributed by atoms with Gasteiger partial charge in [-0.25, -0.2) is 0 Å². The first-order valence-electron chi connectivity index (χ1n) is 8.28. The van der Waals surface area contributed by atoms with Crippen LogP contribution in [0.4, 0.5) is 0 Å². The summed E-state index contributed by atoms with van der Waals surface area (Å²) < 4.78 is 10.9. The summed E-state index contributed by atoms with van der Waals surface area (Å²) in [5, 5.41) is 1.03. The van der Waals surface area contributed by atoms with Crippen LogP contribution in [-0.4, -0.2) is 25.3 Å². The van der Waals surface area contributed by atoms with E-state index in [-0.39, 0.29) is 0 Å². The van der Waals surface area contributed by atoms with E-state index in [2.05, 4.69) is 35.0 Å². The van der Waals surface area contributed by atoms with E-state index < -0.39 is 0 Å². The highest BCUT2D eigenvalue weighted by molar-refractivity contribution is 9.09. The zero-order valence-electron chi connectivity index (χ0n) is 13.2. The fourth-order valence-electron chi connectivity index (χ4n) is 1.96. The van der Waals surface area contributed by atoms with Crippen molar-refractivity contribution in [1.82, 2.24) is 0 Å². The third-order valence-corrected chi connectivity index (χ3v) is 3.64. The van der Waals surface area contributed by atoms with Crippen molar-refractivity contribution in [1.29, 1.82) is 0 Å². The smallest absolute Gasteiger partial charge is 0.146 e. The molecule has 0 spiro atoms. The molecule has 0 aliphatic carbocycles. The minimum atomic E-state index is 0.447. The molecule has 0 aliphatic rings. The van der Waals surface area contributed by atoms with E-state index in [0.717, 1.165) is 31.4 Å². The number of hydrogen-bond acceptors (Lipinski definition) is 2. The van der Waals surface area contributed by atoms with E-state index in [4.69, 9.17) is 9.47 Å². The lowest BCUT2D eigenvalue weighted by atomic mass is 10.1. The quantitative estimate of drug-likeness (QED) is 0.151. The molecular formula is C17H33BrO2. The van der Waals surface area contributed by atoms with Crippen LogP contribution in [0.2, 0.25) is 0 Å². The standard InChI is InChI=1S/C17H33BrO2/c1-2-3-4-5-6-7-9-12-15-19-17-20-16-13-10-8-11-14-18/h8,10H,2-7,9,11-17H2,1H3/b10-8-. The van der Waals surface area contributed by atoms with Crippen LogP contribution < -0.4 is 0 Å². The van der Waals surface area contributed by atoms with Gasteiger partial charge in [-0.15, -0.1) is 0 Å². The normalized spacial score (nSPS) is 11.5. The average molecular weight is 349 g/mol. The second-order valence-corrected chi connectivity index (χ2v) is 5.94. The highest BCUT2D eigenvalue weighted by atomic mass is 79.9. The van der Waals surface area contributed by atoms with Crippen molar-refractivity contribution >= 4 is 15.9 Å². The maximum atomic E-state index is 5.45. The predicted molar refractivity (Wildman–Crippen MR) is 91.5 cm³/mol. The molecule has 0 rings (SSSR count). The summed E-state index contributed by atoms with van der Waals surface area (Å²) in [6.07, 6.45) is 17.2. The molecule has 20 heavy (non-hydrogen) atoms. The number of hydrogen-bond donors (Lipinski definition) is 0. The van der Waals surface area contributed by atoms with Gasteiger partial charge >= 0.3 is 0 Å². The van der Waals surface area contributed by atoms with E-state index in [1.807, 2.05) is 0 Å². The number of halogens is 1. The van der Waals surface area contributed by atoms with Crippen molar-refractivity contribution in [2.24, 2.45) is 0 Å². The lowest BCUT2D eigenvalue weighted by molar-refractivity contribution is -0.0531. The van der Waals surface area contributed by atoms with Crippen LogP contribution in [-0.2, 0) is 9.47 Å². The lowest BCUT2D eigenvalue weighted by Crippen LogP contribution is -2.02. The van der Waals surface area contributed by atoms with Crippen molar-refractivity contribution in [2.45, 2.75) is 71.1 Å². The van der Waals surface area contributed by atoms with E-state index in [1.165, 1.54) is 51.4 Å². The summed E-state index contributed by atoms with van der Waals surface area (Å²) in [7, 11) is 0. The summed E-state index contributed by atoms with van der Waals surface area (Å²) >= 11 is 3.39. The molecule has 0 atom stereocenters. The van der Waals surface area contributed by atoms with Crippen LogP contribution in [0.1, 0.15) is 71.1 Å². The maximum Gasteiger partial charge on any atom is 0.146 e. The van der Waals surface area contributed by atoms with Crippen LogP contribution in [0.15, 0.2) is 12.2 Å². The molecule has 0 aliphatic heterocycles. The first-order chi connectivity index (χ1) is 9.91. The molecule has 3 heteroatoms. The predicted octanol–water partition coefficient (Wildman–Crippen LogP) is 5.85. The fourth-order valence-corrected chi connectivity index (χ4v) is 2.23. The Labute approximate surface area is 134 Å². The third kappa shape index (κ3) is 18.1. The van der Waals surface area contributed by atoms with Crippen molar-refractivity contribution in [3.8, 4) is 0 Å². The zero-order valence-corrected chi connectivity index (χ0v) is 14.8.